The molecule has 2 aliphatic rings. The predicted octanol–water partition coefficient (Wildman–Crippen LogP) is 2.82. The van der Waals surface area contributed by atoms with Crippen LogP contribution in [-0.4, -0.2) is 22.2 Å². The van der Waals surface area contributed by atoms with Crippen LogP contribution in [0.15, 0.2) is 0 Å². The SMILES string of the molecule is O[C@H]1CCC[C@@H]1SCC1CCCC1. The minimum absolute atomic E-state index is 0.00593. The van der Waals surface area contributed by atoms with Gasteiger partial charge in [-0.3, -0.25) is 0 Å². The van der Waals surface area contributed by atoms with Gasteiger partial charge in [-0.25, -0.2) is 0 Å². The molecule has 13 heavy (non-hydrogen) atoms. The van der Waals surface area contributed by atoms with E-state index in [0.717, 1.165) is 12.3 Å². The maximum absolute atomic E-state index is 9.64. The summed E-state index contributed by atoms with van der Waals surface area (Å²) in [6, 6.07) is 0. The second kappa shape index (κ2) is 4.70. The lowest BCUT2D eigenvalue weighted by Crippen LogP contribution is -2.16. The molecule has 2 fully saturated rings. The van der Waals surface area contributed by atoms with Crippen molar-refractivity contribution in [1.82, 2.24) is 0 Å². The van der Waals surface area contributed by atoms with Crippen LogP contribution >= 0.6 is 11.8 Å². The lowest BCUT2D eigenvalue weighted by molar-refractivity contribution is 0.188. The van der Waals surface area contributed by atoms with Crippen molar-refractivity contribution >= 4 is 11.8 Å². The average molecular weight is 200 g/mol. The van der Waals surface area contributed by atoms with E-state index in [2.05, 4.69) is 0 Å². The van der Waals surface area contributed by atoms with Gasteiger partial charge in [0.05, 0.1) is 6.10 Å². The summed E-state index contributed by atoms with van der Waals surface area (Å²) in [4.78, 5) is 0. The van der Waals surface area contributed by atoms with E-state index in [9.17, 15) is 5.11 Å². The van der Waals surface area contributed by atoms with Gasteiger partial charge in [-0.1, -0.05) is 12.8 Å². The van der Waals surface area contributed by atoms with E-state index in [4.69, 9.17) is 0 Å². The van der Waals surface area contributed by atoms with E-state index < -0.39 is 0 Å². The smallest absolute Gasteiger partial charge is 0.0658 e. The molecule has 0 aliphatic heterocycles. The monoisotopic (exact) mass is 200 g/mol. The molecule has 2 heteroatoms. The Labute approximate surface area is 85.3 Å². The van der Waals surface area contributed by atoms with Crippen LogP contribution in [0.25, 0.3) is 0 Å². The Morgan fingerprint density at radius 3 is 2.38 bits per heavy atom. The van der Waals surface area contributed by atoms with Gasteiger partial charge in [0.2, 0.25) is 0 Å². The van der Waals surface area contributed by atoms with Gasteiger partial charge in [0.25, 0.3) is 0 Å². The van der Waals surface area contributed by atoms with Gasteiger partial charge in [-0.15, -0.1) is 0 Å². The van der Waals surface area contributed by atoms with E-state index in [1.165, 1.54) is 44.3 Å². The van der Waals surface area contributed by atoms with E-state index >= 15 is 0 Å². The summed E-state index contributed by atoms with van der Waals surface area (Å²) in [5, 5.41) is 10.2. The maximum atomic E-state index is 9.64. The first-order valence-electron chi connectivity index (χ1n) is 5.66. The fourth-order valence-corrected chi connectivity index (χ4v) is 4.08. The lowest BCUT2D eigenvalue weighted by atomic mass is 10.1. The Bertz CT molecular complexity index is 154. The fourth-order valence-electron chi connectivity index (χ4n) is 2.54. The molecule has 76 valence electrons. The van der Waals surface area contributed by atoms with Crippen molar-refractivity contribution in [2.24, 2.45) is 5.92 Å². The summed E-state index contributed by atoms with van der Waals surface area (Å²) >= 11 is 2.04. The molecule has 2 atom stereocenters. The zero-order valence-corrected chi connectivity index (χ0v) is 9.06. The molecule has 2 saturated carbocycles. The molecule has 0 bridgehead atoms. The molecule has 0 unspecified atom stereocenters. The molecule has 2 aliphatic carbocycles. The van der Waals surface area contributed by atoms with Gasteiger partial charge < -0.3 is 5.11 Å². The van der Waals surface area contributed by atoms with Crippen LogP contribution in [0.2, 0.25) is 0 Å². The van der Waals surface area contributed by atoms with Crippen LogP contribution < -0.4 is 0 Å². The molecule has 0 aromatic rings. The molecule has 0 amide bonds. The van der Waals surface area contributed by atoms with Crippen molar-refractivity contribution in [2.75, 3.05) is 5.75 Å². The number of thioether (sulfide) groups is 1. The molecule has 0 aromatic heterocycles. The fraction of sp³-hybridized carbons (Fsp3) is 1.00. The number of hydrogen-bond donors (Lipinski definition) is 1. The van der Waals surface area contributed by atoms with Crippen molar-refractivity contribution in [2.45, 2.75) is 56.3 Å². The summed E-state index contributed by atoms with van der Waals surface area (Å²) in [6.45, 7) is 0. The van der Waals surface area contributed by atoms with Crippen LogP contribution in [0.3, 0.4) is 0 Å². The molecule has 1 N–H and O–H groups in total. The molecule has 1 nitrogen and oxygen atoms in total. The van der Waals surface area contributed by atoms with Gasteiger partial charge in [-0.2, -0.15) is 11.8 Å². The van der Waals surface area contributed by atoms with E-state index in [1.54, 1.807) is 0 Å². The topological polar surface area (TPSA) is 20.2 Å². The molecule has 0 heterocycles. The van der Waals surface area contributed by atoms with E-state index in [0.29, 0.717) is 5.25 Å². The summed E-state index contributed by atoms with van der Waals surface area (Å²) in [5.41, 5.74) is 0. The van der Waals surface area contributed by atoms with E-state index in [1.807, 2.05) is 11.8 Å². The third-order valence-corrected chi connectivity index (χ3v) is 5.08. The van der Waals surface area contributed by atoms with Gasteiger partial charge in [-0.05, 0) is 43.8 Å². The quantitative estimate of drug-likeness (QED) is 0.756. The summed E-state index contributed by atoms with van der Waals surface area (Å²) in [5.74, 6) is 2.28. The third kappa shape index (κ3) is 2.63. The van der Waals surface area contributed by atoms with Crippen LogP contribution in [0, 0.1) is 5.92 Å². The zero-order valence-electron chi connectivity index (χ0n) is 8.24. The third-order valence-electron chi connectivity index (χ3n) is 3.44. The molecule has 0 saturated heterocycles. The van der Waals surface area contributed by atoms with E-state index in [-0.39, 0.29) is 6.10 Å². The second-order valence-corrected chi connectivity index (χ2v) is 5.79. The Balaban J connectivity index is 1.66. The minimum Gasteiger partial charge on any atom is -0.392 e. The summed E-state index contributed by atoms with van der Waals surface area (Å²) < 4.78 is 0. The number of hydrogen-bond acceptors (Lipinski definition) is 2. The van der Waals surface area contributed by atoms with Gasteiger partial charge >= 0.3 is 0 Å². The first-order chi connectivity index (χ1) is 6.36. The highest BCUT2D eigenvalue weighted by atomic mass is 32.2. The van der Waals surface area contributed by atoms with Crippen molar-refractivity contribution in [3.63, 3.8) is 0 Å². The number of rotatable bonds is 3. The van der Waals surface area contributed by atoms with Gasteiger partial charge in [0.1, 0.15) is 0 Å². The van der Waals surface area contributed by atoms with Gasteiger partial charge in [0.15, 0.2) is 0 Å². The Hall–Kier alpha value is 0.310. The van der Waals surface area contributed by atoms with Crippen molar-refractivity contribution < 1.29 is 5.11 Å². The Morgan fingerprint density at radius 2 is 1.77 bits per heavy atom. The van der Waals surface area contributed by atoms with Crippen molar-refractivity contribution in [3.8, 4) is 0 Å². The summed E-state index contributed by atoms with van der Waals surface area (Å²) in [6.07, 6.45) is 9.30. The standard InChI is InChI=1S/C11H20OS/c12-10-6-3-7-11(10)13-8-9-4-1-2-5-9/h9-12H,1-8H2/t10-,11-/m0/s1. The lowest BCUT2D eigenvalue weighted by Gasteiger charge is -2.16. The second-order valence-electron chi connectivity index (χ2n) is 4.52. The first-order valence-corrected chi connectivity index (χ1v) is 6.71. The Morgan fingerprint density at radius 1 is 1.00 bits per heavy atom. The van der Waals surface area contributed by atoms with Crippen LogP contribution in [-0.2, 0) is 0 Å². The number of aliphatic hydroxyl groups excluding tert-OH is 1. The highest BCUT2D eigenvalue weighted by Crippen LogP contribution is 2.34. The molecule has 0 aromatic carbocycles. The maximum Gasteiger partial charge on any atom is 0.0658 e. The largest absolute Gasteiger partial charge is 0.392 e. The molecule has 0 spiro atoms. The van der Waals surface area contributed by atoms with Crippen LogP contribution in [0.5, 0.6) is 0 Å². The molecule has 2 rings (SSSR count). The molecular formula is C11H20OS. The molecule has 0 radical (unpaired) electrons. The average Bonchev–Trinajstić information content (AvgIpc) is 2.72. The number of aliphatic hydroxyl groups is 1. The zero-order chi connectivity index (χ0) is 9.10. The highest BCUT2D eigenvalue weighted by molar-refractivity contribution is 7.99. The highest BCUT2D eigenvalue weighted by Gasteiger charge is 2.26. The predicted molar refractivity (Wildman–Crippen MR) is 58.1 cm³/mol. The minimum atomic E-state index is 0.00593. The summed E-state index contributed by atoms with van der Waals surface area (Å²) in [7, 11) is 0. The van der Waals surface area contributed by atoms with Crippen LogP contribution in [0.4, 0.5) is 0 Å². The van der Waals surface area contributed by atoms with Crippen molar-refractivity contribution in [3.05, 3.63) is 0 Å². The van der Waals surface area contributed by atoms with Crippen LogP contribution in [0.1, 0.15) is 44.9 Å². The Kier molecular flexibility index (Phi) is 3.56. The first kappa shape index (κ1) is 9.85. The van der Waals surface area contributed by atoms with Gasteiger partial charge in [0, 0.05) is 5.25 Å². The van der Waals surface area contributed by atoms with Crippen molar-refractivity contribution in [1.29, 1.82) is 0 Å². The normalized spacial score (nSPS) is 35.8. The molecular weight excluding hydrogens is 180 g/mol.